The molecule has 0 aliphatic carbocycles. The van der Waals surface area contributed by atoms with Gasteiger partial charge in [-0.2, -0.15) is 0 Å². The number of benzene rings is 1. The molecule has 2 amide bonds. The van der Waals surface area contributed by atoms with Crippen LogP contribution in [-0.4, -0.2) is 34.0 Å². The van der Waals surface area contributed by atoms with Crippen molar-refractivity contribution in [1.29, 1.82) is 0 Å². The Morgan fingerprint density at radius 1 is 1.40 bits per heavy atom. The number of aromatic nitrogens is 2. The first-order valence-corrected chi connectivity index (χ1v) is 8.40. The SMILES string of the molecule is O=C(NCc1cc2cc(Cl)c(OCc3cocn3)cc2[nH]1)N1CCC1. The molecular weight excluding hydrogens is 344 g/mol. The zero-order valence-corrected chi connectivity index (χ0v) is 14.2. The van der Waals surface area contributed by atoms with Gasteiger partial charge < -0.3 is 24.4 Å². The average molecular weight is 361 g/mol. The molecular formula is C17H17ClN4O3. The van der Waals surface area contributed by atoms with Crippen molar-refractivity contribution in [3.63, 3.8) is 0 Å². The molecule has 1 saturated heterocycles. The van der Waals surface area contributed by atoms with Gasteiger partial charge in [0.05, 0.1) is 11.6 Å². The minimum atomic E-state index is -0.0282. The van der Waals surface area contributed by atoms with Gasteiger partial charge in [0.15, 0.2) is 6.39 Å². The number of oxazole rings is 1. The van der Waals surface area contributed by atoms with E-state index in [-0.39, 0.29) is 12.6 Å². The maximum absolute atomic E-state index is 11.9. The molecule has 7 nitrogen and oxygen atoms in total. The molecule has 0 radical (unpaired) electrons. The standard InChI is InChI=1S/C17H17ClN4O3/c18-14-5-11-4-12(7-19-17(23)22-2-1-3-22)21-15(11)6-16(14)25-9-13-8-24-10-20-13/h4-6,8,10,21H,1-3,7,9H2,(H,19,23). The molecule has 1 aromatic carbocycles. The van der Waals surface area contributed by atoms with Crippen LogP contribution in [0.15, 0.2) is 35.3 Å². The number of hydrogen-bond acceptors (Lipinski definition) is 4. The summed E-state index contributed by atoms with van der Waals surface area (Å²) in [4.78, 5) is 20.9. The lowest BCUT2D eigenvalue weighted by molar-refractivity contribution is 0.167. The van der Waals surface area contributed by atoms with Gasteiger partial charge in [0.1, 0.15) is 24.3 Å². The summed E-state index contributed by atoms with van der Waals surface area (Å²) < 4.78 is 10.6. The minimum Gasteiger partial charge on any atom is -0.486 e. The van der Waals surface area contributed by atoms with Crippen LogP contribution in [0.25, 0.3) is 10.9 Å². The Balaban J connectivity index is 1.45. The highest BCUT2D eigenvalue weighted by atomic mass is 35.5. The van der Waals surface area contributed by atoms with E-state index in [0.29, 0.717) is 23.0 Å². The number of nitrogens with zero attached hydrogens (tertiary/aromatic N) is 2. The molecule has 1 aliphatic heterocycles. The summed E-state index contributed by atoms with van der Waals surface area (Å²) in [5.74, 6) is 0.565. The van der Waals surface area contributed by atoms with Crippen molar-refractivity contribution in [2.75, 3.05) is 13.1 Å². The van der Waals surface area contributed by atoms with E-state index in [0.717, 1.165) is 36.1 Å². The maximum Gasteiger partial charge on any atom is 0.317 e. The normalized spacial score (nSPS) is 13.7. The van der Waals surface area contributed by atoms with Crippen LogP contribution >= 0.6 is 11.6 Å². The van der Waals surface area contributed by atoms with Crippen molar-refractivity contribution in [3.8, 4) is 5.75 Å². The quantitative estimate of drug-likeness (QED) is 0.731. The Hall–Kier alpha value is -2.67. The van der Waals surface area contributed by atoms with E-state index in [1.165, 1.54) is 12.7 Å². The van der Waals surface area contributed by atoms with Crippen LogP contribution < -0.4 is 10.1 Å². The van der Waals surface area contributed by atoms with Crippen molar-refractivity contribution in [2.24, 2.45) is 0 Å². The van der Waals surface area contributed by atoms with Crippen LogP contribution in [0.1, 0.15) is 17.8 Å². The Kier molecular flexibility index (Phi) is 4.23. The van der Waals surface area contributed by atoms with Crippen LogP contribution in [0.5, 0.6) is 5.75 Å². The number of rotatable bonds is 5. The first-order valence-electron chi connectivity index (χ1n) is 8.03. The maximum atomic E-state index is 11.9. The second kappa shape index (κ2) is 6.68. The van der Waals surface area contributed by atoms with E-state index in [4.69, 9.17) is 20.8 Å². The van der Waals surface area contributed by atoms with E-state index in [1.807, 2.05) is 18.2 Å². The van der Waals surface area contributed by atoms with Crippen LogP contribution in [0.2, 0.25) is 5.02 Å². The number of hydrogen-bond donors (Lipinski definition) is 2. The van der Waals surface area contributed by atoms with Gasteiger partial charge in [-0.1, -0.05) is 11.6 Å². The molecule has 0 saturated carbocycles. The van der Waals surface area contributed by atoms with Gasteiger partial charge in [-0.15, -0.1) is 0 Å². The number of carbonyl (C=O) groups excluding carboxylic acids is 1. The molecule has 130 valence electrons. The predicted molar refractivity (Wildman–Crippen MR) is 92.6 cm³/mol. The second-order valence-corrected chi connectivity index (χ2v) is 6.34. The number of fused-ring (bicyclic) bond motifs is 1. The van der Waals surface area contributed by atoms with Gasteiger partial charge >= 0.3 is 6.03 Å². The highest BCUT2D eigenvalue weighted by molar-refractivity contribution is 6.32. The Morgan fingerprint density at radius 2 is 2.28 bits per heavy atom. The summed E-state index contributed by atoms with van der Waals surface area (Å²) in [5, 5.41) is 4.39. The molecule has 2 aromatic heterocycles. The Morgan fingerprint density at radius 3 is 3.00 bits per heavy atom. The molecule has 2 N–H and O–H groups in total. The smallest absolute Gasteiger partial charge is 0.317 e. The molecule has 0 spiro atoms. The molecule has 0 atom stereocenters. The largest absolute Gasteiger partial charge is 0.486 e. The molecule has 3 heterocycles. The lowest BCUT2D eigenvalue weighted by Crippen LogP contribution is -2.47. The van der Waals surface area contributed by atoms with Crippen LogP contribution in [0.3, 0.4) is 0 Å². The number of urea groups is 1. The second-order valence-electron chi connectivity index (χ2n) is 5.93. The van der Waals surface area contributed by atoms with E-state index in [2.05, 4.69) is 15.3 Å². The van der Waals surface area contributed by atoms with Gasteiger partial charge in [0.2, 0.25) is 0 Å². The minimum absolute atomic E-state index is 0.0282. The van der Waals surface area contributed by atoms with Crippen LogP contribution in [0, 0.1) is 0 Å². The fraction of sp³-hybridized carbons (Fsp3) is 0.294. The van der Waals surface area contributed by atoms with Gasteiger partial charge in [-0.3, -0.25) is 0 Å². The van der Waals surface area contributed by atoms with Gasteiger partial charge in [-0.05, 0) is 18.6 Å². The van der Waals surface area contributed by atoms with Gasteiger partial charge in [-0.25, -0.2) is 9.78 Å². The third-order valence-electron chi connectivity index (χ3n) is 4.16. The molecule has 1 fully saturated rings. The summed E-state index contributed by atoms with van der Waals surface area (Å²) in [6.45, 7) is 2.39. The summed E-state index contributed by atoms with van der Waals surface area (Å²) in [6.07, 6.45) is 3.96. The molecule has 0 bridgehead atoms. The third kappa shape index (κ3) is 3.41. The van der Waals surface area contributed by atoms with Crippen molar-refractivity contribution < 1.29 is 13.9 Å². The van der Waals surface area contributed by atoms with Crippen molar-refractivity contribution in [1.82, 2.24) is 20.2 Å². The average Bonchev–Trinajstić information content (AvgIpc) is 3.17. The summed E-state index contributed by atoms with van der Waals surface area (Å²) in [6, 6.07) is 5.63. The number of amides is 2. The number of carbonyl (C=O) groups is 1. The number of H-pyrrole nitrogens is 1. The van der Waals surface area contributed by atoms with Crippen molar-refractivity contribution >= 4 is 28.5 Å². The van der Waals surface area contributed by atoms with E-state index < -0.39 is 0 Å². The Bertz CT molecular complexity index is 887. The molecule has 25 heavy (non-hydrogen) atoms. The van der Waals surface area contributed by atoms with Gasteiger partial charge in [0.25, 0.3) is 0 Å². The number of halogens is 1. The molecule has 8 heteroatoms. The van der Waals surface area contributed by atoms with Crippen molar-refractivity contribution in [3.05, 3.63) is 47.3 Å². The first-order chi connectivity index (χ1) is 12.2. The van der Waals surface area contributed by atoms with E-state index in [1.54, 1.807) is 4.90 Å². The number of aromatic amines is 1. The van der Waals surface area contributed by atoms with Crippen LogP contribution in [0.4, 0.5) is 4.79 Å². The predicted octanol–water partition coefficient (Wildman–Crippen LogP) is 3.30. The zero-order valence-electron chi connectivity index (χ0n) is 13.4. The summed E-state index contributed by atoms with van der Waals surface area (Å²) in [5.41, 5.74) is 2.50. The topological polar surface area (TPSA) is 83.4 Å². The molecule has 3 aromatic rings. The highest BCUT2D eigenvalue weighted by Gasteiger charge is 2.19. The fourth-order valence-electron chi connectivity index (χ4n) is 2.66. The van der Waals surface area contributed by atoms with Gasteiger partial charge in [0, 0.05) is 35.8 Å². The monoisotopic (exact) mass is 360 g/mol. The molecule has 4 rings (SSSR count). The van der Waals surface area contributed by atoms with Crippen molar-refractivity contribution in [2.45, 2.75) is 19.6 Å². The Labute approximate surface area is 148 Å². The molecule has 0 unspecified atom stereocenters. The third-order valence-corrected chi connectivity index (χ3v) is 4.46. The molecule has 1 aliphatic rings. The lowest BCUT2D eigenvalue weighted by atomic mass is 10.2. The van der Waals surface area contributed by atoms with E-state index >= 15 is 0 Å². The highest BCUT2D eigenvalue weighted by Crippen LogP contribution is 2.31. The number of ether oxygens (including phenoxy) is 1. The first kappa shape index (κ1) is 15.8. The zero-order chi connectivity index (χ0) is 17.2. The summed E-state index contributed by atoms with van der Waals surface area (Å²) >= 11 is 6.29. The number of likely N-dealkylation sites (tertiary alicyclic amines) is 1. The number of nitrogens with one attached hydrogen (secondary N) is 2. The summed E-state index contributed by atoms with van der Waals surface area (Å²) in [7, 11) is 0. The van der Waals surface area contributed by atoms with E-state index in [9.17, 15) is 4.79 Å². The lowest BCUT2D eigenvalue weighted by Gasteiger charge is -2.30. The fourth-order valence-corrected chi connectivity index (χ4v) is 2.89. The van der Waals surface area contributed by atoms with Crippen LogP contribution in [-0.2, 0) is 13.2 Å².